The molecule has 2 heterocycles. The Labute approximate surface area is 199 Å². The number of guanidine groups is 1. The van der Waals surface area contributed by atoms with Gasteiger partial charge in [-0.2, -0.15) is 0 Å². The fraction of sp³-hybridized carbons (Fsp3) is 0.304. The van der Waals surface area contributed by atoms with Gasteiger partial charge in [0.05, 0.1) is 13.1 Å². The SMILES string of the molecule is CCNC(=NCc1ccc(Cn2ccccc2=O)cc1)NCC(C)c1cccs1.I. The molecule has 0 aliphatic rings. The molecule has 1 unspecified atom stereocenters. The number of hydrogen-bond acceptors (Lipinski definition) is 3. The second-order valence-corrected chi connectivity index (χ2v) is 7.96. The lowest BCUT2D eigenvalue weighted by molar-refractivity contribution is 0.709. The molecule has 5 nitrogen and oxygen atoms in total. The maximum atomic E-state index is 11.8. The number of thiophene rings is 1. The van der Waals surface area contributed by atoms with Crippen molar-refractivity contribution in [2.24, 2.45) is 4.99 Å². The first kappa shape index (κ1) is 24.1. The van der Waals surface area contributed by atoms with Crippen molar-refractivity contribution in [3.63, 3.8) is 0 Å². The average molecular weight is 536 g/mol. The van der Waals surface area contributed by atoms with Crippen LogP contribution in [0.25, 0.3) is 0 Å². The van der Waals surface area contributed by atoms with Crippen molar-refractivity contribution < 1.29 is 0 Å². The summed E-state index contributed by atoms with van der Waals surface area (Å²) in [4.78, 5) is 17.9. The zero-order chi connectivity index (χ0) is 20.5. The maximum Gasteiger partial charge on any atom is 0.250 e. The number of pyridine rings is 1. The molecule has 30 heavy (non-hydrogen) atoms. The monoisotopic (exact) mass is 536 g/mol. The molecule has 0 fully saturated rings. The lowest BCUT2D eigenvalue weighted by atomic mass is 10.1. The van der Waals surface area contributed by atoms with Gasteiger partial charge in [-0.3, -0.25) is 4.79 Å². The van der Waals surface area contributed by atoms with Crippen LogP contribution in [0.4, 0.5) is 0 Å². The van der Waals surface area contributed by atoms with Crippen LogP contribution in [0.5, 0.6) is 0 Å². The summed E-state index contributed by atoms with van der Waals surface area (Å²) in [5.74, 6) is 1.27. The fourth-order valence-electron chi connectivity index (χ4n) is 2.97. The summed E-state index contributed by atoms with van der Waals surface area (Å²) < 4.78 is 1.70. The molecule has 0 saturated heterocycles. The molecule has 0 aliphatic carbocycles. The summed E-state index contributed by atoms with van der Waals surface area (Å²) in [6.07, 6.45) is 1.81. The van der Waals surface area contributed by atoms with Crippen molar-refractivity contribution in [1.82, 2.24) is 15.2 Å². The summed E-state index contributed by atoms with van der Waals surface area (Å²) in [5.41, 5.74) is 2.25. The van der Waals surface area contributed by atoms with E-state index < -0.39 is 0 Å². The van der Waals surface area contributed by atoms with Gasteiger partial charge in [-0.1, -0.05) is 43.3 Å². The van der Waals surface area contributed by atoms with Gasteiger partial charge in [-0.25, -0.2) is 4.99 Å². The summed E-state index contributed by atoms with van der Waals surface area (Å²) >= 11 is 1.79. The lowest BCUT2D eigenvalue weighted by Crippen LogP contribution is -2.39. The summed E-state index contributed by atoms with van der Waals surface area (Å²) in [6.45, 7) is 7.14. The van der Waals surface area contributed by atoms with Gasteiger partial charge in [-0.05, 0) is 35.6 Å². The van der Waals surface area contributed by atoms with Crippen molar-refractivity contribution in [2.45, 2.75) is 32.9 Å². The number of aliphatic imine (C=N–C) groups is 1. The number of nitrogens with one attached hydrogen (secondary N) is 2. The first-order valence-electron chi connectivity index (χ1n) is 9.94. The third-order valence-corrected chi connectivity index (χ3v) is 5.75. The van der Waals surface area contributed by atoms with Gasteiger partial charge in [0.15, 0.2) is 5.96 Å². The summed E-state index contributed by atoms with van der Waals surface area (Å²) in [7, 11) is 0. The second kappa shape index (κ2) is 12.5. The van der Waals surface area contributed by atoms with Crippen molar-refractivity contribution in [1.29, 1.82) is 0 Å². The molecule has 3 aromatic rings. The Morgan fingerprint density at radius 1 is 1.07 bits per heavy atom. The highest BCUT2D eigenvalue weighted by molar-refractivity contribution is 14.0. The quantitative estimate of drug-likeness (QED) is 0.255. The lowest BCUT2D eigenvalue weighted by Gasteiger charge is -2.15. The van der Waals surface area contributed by atoms with E-state index in [1.807, 2.05) is 12.3 Å². The van der Waals surface area contributed by atoms with Crippen molar-refractivity contribution in [2.75, 3.05) is 13.1 Å². The van der Waals surface area contributed by atoms with Gasteiger partial charge < -0.3 is 15.2 Å². The Hall–Kier alpha value is -2.13. The number of aromatic nitrogens is 1. The molecule has 0 radical (unpaired) electrons. The van der Waals surface area contributed by atoms with Gasteiger partial charge in [0, 0.05) is 36.1 Å². The molecule has 0 saturated carbocycles. The van der Waals surface area contributed by atoms with Crippen LogP contribution in [0.3, 0.4) is 0 Å². The van der Waals surface area contributed by atoms with Crippen LogP contribution in [-0.4, -0.2) is 23.6 Å². The maximum absolute atomic E-state index is 11.8. The van der Waals surface area contributed by atoms with Crippen molar-refractivity contribution in [3.05, 3.63) is 92.5 Å². The molecule has 2 N–H and O–H groups in total. The van der Waals surface area contributed by atoms with E-state index in [9.17, 15) is 4.79 Å². The molecular weight excluding hydrogens is 507 g/mol. The standard InChI is InChI=1S/C23H28N4OS.HI/c1-3-24-23(25-15-18(2)21-7-6-14-29-21)26-16-19-9-11-20(12-10-19)17-27-13-5-4-8-22(27)28;/h4-14,18H,3,15-17H2,1-2H3,(H2,24,25,26);1H. The molecule has 0 bridgehead atoms. The summed E-state index contributed by atoms with van der Waals surface area (Å²) in [5, 5.41) is 8.86. The highest BCUT2D eigenvalue weighted by Crippen LogP contribution is 2.19. The predicted octanol–water partition coefficient (Wildman–Crippen LogP) is 4.43. The minimum atomic E-state index is 0. The molecule has 0 aliphatic heterocycles. The Kier molecular flexibility index (Phi) is 10.1. The predicted molar refractivity (Wildman–Crippen MR) is 137 cm³/mol. The van der Waals surface area contributed by atoms with Crippen LogP contribution in [-0.2, 0) is 13.1 Å². The van der Waals surface area contributed by atoms with Gasteiger partial charge in [0.1, 0.15) is 0 Å². The minimum Gasteiger partial charge on any atom is -0.357 e. The molecule has 1 atom stereocenters. The van der Waals surface area contributed by atoms with Crippen LogP contribution in [0.15, 0.2) is 76.0 Å². The molecule has 1 aromatic carbocycles. The normalized spacial score (nSPS) is 12.1. The molecule has 3 rings (SSSR count). The van der Waals surface area contributed by atoms with E-state index in [1.54, 1.807) is 28.0 Å². The van der Waals surface area contributed by atoms with Gasteiger partial charge >= 0.3 is 0 Å². The molecular formula is C23H29IN4OS. The van der Waals surface area contributed by atoms with Crippen molar-refractivity contribution in [3.8, 4) is 0 Å². The highest BCUT2D eigenvalue weighted by Gasteiger charge is 2.07. The van der Waals surface area contributed by atoms with Crippen molar-refractivity contribution >= 4 is 41.3 Å². The van der Waals surface area contributed by atoms with Crippen LogP contribution in [0.1, 0.15) is 35.8 Å². The topological polar surface area (TPSA) is 58.4 Å². The molecule has 2 aromatic heterocycles. The third kappa shape index (κ3) is 7.28. The van der Waals surface area contributed by atoms with Gasteiger partial charge in [0.25, 0.3) is 5.56 Å². The molecule has 160 valence electrons. The number of benzene rings is 1. The second-order valence-electron chi connectivity index (χ2n) is 6.98. The third-order valence-electron chi connectivity index (χ3n) is 4.64. The average Bonchev–Trinajstić information content (AvgIpc) is 3.28. The first-order valence-corrected chi connectivity index (χ1v) is 10.8. The first-order chi connectivity index (χ1) is 14.2. The van der Waals surface area contributed by atoms with E-state index >= 15 is 0 Å². The van der Waals surface area contributed by atoms with Crippen LogP contribution < -0.4 is 16.2 Å². The van der Waals surface area contributed by atoms with Crippen LogP contribution in [0.2, 0.25) is 0 Å². The fourth-order valence-corrected chi connectivity index (χ4v) is 3.76. The summed E-state index contributed by atoms with van der Waals surface area (Å²) in [6, 6.07) is 17.7. The Balaban J connectivity index is 0.00000320. The number of nitrogens with zero attached hydrogens (tertiary/aromatic N) is 2. The smallest absolute Gasteiger partial charge is 0.250 e. The van der Waals surface area contributed by atoms with Crippen LogP contribution in [0, 0.1) is 0 Å². The van der Waals surface area contributed by atoms with E-state index in [0.29, 0.717) is 19.0 Å². The number of halogens is 1. The van der Waals surface area contributed by atoms with E-state index in [2.05, 4.69) is 66.3 Å². The van der Waals surface area contributed by atoms with E-state index in [1.165, 1.54) is 4.88 Å². The zero-order valence-electron chi connectivity index (χ0n) is 17.4. The van der Waals surface area contributed by atoms with Gasteiger partial charge in [-0.15, -0.1) is 35.3 Å². The van der Waals surface area contributed by atoms with E-state index in [-0.39, 0.29) is 29.5 Å². The number of rotatable bonds is 8. The Morgan fingerprint density at radius 3 is 2.50 bits per heavy atom. The number of hydrogen-bond donors (Lipinski definition) is 2. The molecule has 0 spiro atoms. The Bertz CT molecular complexity index is 967. The molecule has 7 heteroatoms. The molecule has 0 amide bonds. The largest absolute Gasteiger partial charge is 0.357 e. The Morgan fingerprint density at radius 2 is 1.83 bits per heavy atom. The zero-order valence-corrected chi connectivity index (χ0v) is 20.5. The highest BCUT2D eigenvalue weighted by atomic mass is 127. The van der Waals surface area contributed by atoms with Gasteiger partial charge in [0.2, 0.25) is 0 Å². The minimum absolute atomic E-state index is 0. The van der Waals surface area contributed by atoms with Crippen LogP contribution >= 0.6 is 35.3 Å². The van der Waals surface area contributed by atoms with E-state index in [0.717, 1.165) is 30.2 Å². The van der Waals surface area contributed by atoms with E-state index in [4.69, 9.17) is 4.99 Å².